The Labute approximate surface area is 84.3 Å². The van der Waals surface area contributed by atoms with Crippen LogP contribution in [-0.2, 0) is 0 Å². The smallest absolute Gasteiger partial charge is 0.0754 e. The van der Waals surface area contributed by atoms with E-state index >= 15 is 0 Å². The molecule has 2 nitrogen and oxygen atoms in total. The topological polar surface area (TPSA) is 46.2 Å². The van der Waals surface area contributed by atoms with E-state index in [-0.39, 0.29) is 16.3 Å². The summed E-state index contributed by atoms with van der Waals surface area (Å²) in [7, 11) is 0. The molecule has 0 heterocycles. The van der Waals surface area contributed by atoms with Crippen LogP contribution in [0.25, 0.3) is 0 Å². The molecule has 0 aromatic heterocycles. The molecular weight excluding hydrogens is 182 g/mol. The second-order valence-corrected chi connectivity index (χ2v) is 5.81. The number of thioether (sulfide) groups is 1. The van der Waals surface area contributed by atoms with Crippen molar-refractivity contribution in [1.82, 2.24) is 0 Å². The van der Waals surface area contributed by atoms with Gasteiger partial charge in [-0.15, -0.1) is 0 Å². The molecular formula is C10H19NOS. The lowest BCUT2D eigenvalue weighted by Crippen LogP contribution is -2.51. The largest absolute Gasteiger partial charge is 0.391 e. The molecule has 1 unspecified atom stereocenters. The fourth-order valence-electron chi connectivity index (χ4n) is 2.42. The number of rotatable bonds is 4. The number of aliphatic hydroxyl groups excluding tert-OH is 1. The van der Waals surface area contributed by atoms with Gasteiger partial charge in [-0.3, -0.25) is 0 Å². The monoisotopic (exact) mass is 201 g/mol. The molecule has 1 atom stereocenters. The van der Waals surface area contributed by atoms with Gasteiger partial charge in [0.2, 0.25) is 0 Å². The molecule has 0 radical (unpaired) electrons. The molecule has 0 saturated heterocycles. The zero-order chi connectivity index (χ0) is 9.53. The second kappa shape index (κ2) is 3.14. The van der Waals surface area contributed by atoms with E-state index in [1.807, 2.05) is 11.8 Å². The van der Waals surface area contributed by atoms with Gasteiger partial charge in [0.1, 0.15) is 0 Å². The maximum atomic E-state index is 10.3. The van der Waals surface area contributed by atoms with Gasteiger partial charge in [-0.2, -0.15) is 11.8 Å². The third-order valence-electron chi connectivity index (χ3n) is 3.98. The molecule has 3 heteroatoms. The average molecular weight is 201 g/mol. The molecule has 0 spiro atoms. The second-order valence-electron chi connectivity index (χ2n) is 4.59. The quantitative estimate of drug-likeness (QED) is 0.722. The molecule has 13 heavy (non-hydrogen) atoms. The summed E-state index contributed by atoms with van der Waals surface area (Å²) in [5, 5.41) is 10.3. The lowest BCUT2D eigenvalue weighted by molar-refractivity contribution is 0.0277. The maximum absolute atomic E-state index is 10.3. The Hall–Kier alpha value is 0.270. The van der Waals surface area contributed by atoms with E-state index in [4.69, 9.17) is 5.73 Å². The zero-order valence-corrected chi connectivity index (χ0v) is 9.07. The van der Waals surface area contributed by atoms with Crippen LogP contribution in [0.1, 0.15) is 32.1 Å². The van der Waals surface area contributed by atoms with Crippen molar-refractivity contribution in [1.29, 1.82) is 0 Å². The molecule has 0 bridgehead atoms. The van der Waals surface area contributed by atoms with Crippen LogP contribution >= 0.6 is 11.8 Å². The van der Waals surface area contributed by atoms with Gasteiger partial charge in [0, 0.05) is 16.7 Å². The van der Waals surface area contributed by atoms with Gasteiger partial charge < -0.3 is 10.8 Å². The molecule has 0 aromatic carbocycles. The summed E-state index contributed by atoms with van der Waals surface area (Å²) in [5.74, 6) is 0. The molecule has 2 rings (SSSR count). The minimum atomic E-state index is -0.159. The van der Waals surface area contributed by atoms with E-state index in [0.29, 0.717) is 6.54 Å². The Kier molecular flexibility index (Phi) is 2.37. The normalized spacial score (nSPS) is 30.7. The van der Waals surface area contributed by atoms with Gasteiger partial charge in [0.25, 0.3) is 0 Å². The van der Waals surface area contributed by atoms with Crippen molar-refractivity contribution in [2.75, 3.05) is 12.8 Å². The summed E-state index contributed by atoms with van der Waals surface area (Å²) in [6, 6.07) is 0. The number of aliphatic hydroxyl groups is 1. The fourth-order valence-corrected chi connectivity index (χ4v) is 3.59. The van der Waals surface area contributed by atoms with E-state index in [2.05, 4.69) is 6.26 Å². The van der Waals surface area contributed by atoms with Crippen molar-refractivity contribution in [3.63, 3.8) is 0 Å². The van der Waals surface area contributed by atoms with Crippen LogP contribution in [0.4, 0.5) is 0 Å². The van der Waals surface area contributed by atoms with Crippen LogP contribution in [-0.4, -0.2) is 28.8 Å². The highest BCUT2D eigenvalue weighted by atomic mass is 32.2. The summed E-state index contributed by atoms with van der Waals surface area (Å²) in [6.45, 7) is 0.663. The standard InChI is InChI=1S/C10H19NOS/c1-13-10(3-2-4-10)8(12)9(7-11)5-6-9/h8,12H,2-7,11H2,1H3. The van der Waals surface area contributed by atoms with E-state index in [9.17, 15) is 5.11 Å². The van der Waals surface area contributed by atoms with Gasteiger partial charge in [-0.1, -0.05) is 6.42 Å². The van der Waals surface area contributed by atoms with Gasteiger partial charge in [0.15, 0.2) is 0 Å². The van der Waals surface area contributed by atoms with Crippen LogP contribution in [0.3, 0.4) is 0 Å². The van der Waals surface area contributed by atoms with E-state index in [1.165, 1.54) is 19.3 Å². The Morgan fingerprint density at radius 1 is 1.38 bits per heavy atom. The van der Waals surface area contributed by atoms with Gasteiger partial charge in [0.05, 0.1) is 6.10 Å². The number of nitrogens with two attached hydrogens (primary N) is 1. The molecule has 0 amide bonds. The summed E-state index contributed by atoms with van der Waals surface area (Å²) >= 11 is 1.84. The zero-order valence-electron chi connectivity index (χ0n) is 8.25. The third-order valence-corrected chi connectivity index (χ3v) is 5.43. The molecule has 76 valence electrons. The third kappa shape index (κ3) is 1.32. The van der Waals surface area contributed by atoms with Crippen LogP contribution in [0.15, 0.2) is 0 Å². The van der Waals surface area contributed by atoms with Crippen molar-refractivity contribution in [2.45, 2.75) is 43.0 Å². The molecule has 3 N–H and O–H groups in total. The van der Waals surface area contributed by atoms with Crippen molar-refractivity contribution in [3.8, 4) is 0 Å². The molecule has 0 aromatic rings. The fraction of sp³-hybridized carbons (Fsp3) is 1.00. The Bertz CT molecular complexity index is 194. The molecule has 2 fully saturated rings. The highest BCUT2D eigenvalue weighted by Crippen LogP contribution is 2.58. The van der Waals surface area contributed by atoms with Crippen molar-refractivity contribution in [2.24, 2.45) is 11.1 Å². The lowest BCUT2D eigenvalue weighted by Gasteiger charge is -2.47. The number of hydrogen-bond acceptors (Lipinski definition) is 3. The Morgan fingerprint density at radius 3 is 2.23 bits per heavy atom. The first-order chi connectivity index (χ1) is 6.19. The van der Waals surface area contributed by atoms with E-state index in [1.54, 1.807) is 0 Å². The molecule has 2 aliphatic rings. The first kappa shape index (κ1) is 9.81. The van der Waals surface area contributed by atoms with Crippen molar-refractivity contribution in [3.05, 3.63) is 0 Å². The van der Waals surface area contributed by atoms with Crippen LogP contribution < -0.4 is 5.73 Å². The van der Waals surface area contributed by atoms with E-state index in [0.717, 1.165) is 12.8 Å². The van der Waals surface area contributed by atoms with Crippen LogP contribution in [0, 0.1) is 5.41 Å². The Balaban J connectivity index is 2.06. The maximum Gasteiger partial charge on any atom is 0.0754 e. The van der Waals surface area contributed by atoms with E-state index < -0.39 is 0 Å². The van der Waals surface area contributed by atoms with Crippen LogP contribution in [0.2, 0.25) is 0 Å². The Morgan fingerprint density at radius 2 is 2.00 bits per heavy atom. The molecule has 0 aliphatic heterocycles. The van der Waals surface area contributed by atoms with Gasteiger partial charge >= 0.3 is 0 Å². The van der Waals surface area contributed by atoms with Gasteiger partial charge in [-0.05, 0) is 31.9 Å². The molecule has 2 aliphatic carbocycles. The average Bonchev–Trinajstić information content (AvgIpc) is 2.83. The van der Waals surface area contributed by atoms with Crippen molar-refractivity contribution >= 4 is 11.8 Å². The summed E-state index contributed by atoms with van der Waals surface area (Å²) in [5.41, 5.74) is 5.83. The molecule has 2 saturated carbocycles. The first-order valence-electron chi connectivity index (χ1n) is 5.12. The summed E-state index contributed by atoms with van der Waals surface area (Å²) in [4.78, 5) is 0. The predicted molar refractivity (Wildman–Crippen MR) is 56.8 cm³/mol. The summed E-state index contributed by atoms with van der Waals surface area (Å²) in [6.07, 6.45) is 7.86. The lowest BCUT2D eigenvalue weighted by atomic mass is 9.74. The summed E-state index contributed by atoms with van der Waals surface area (Å²) < 4.78 is 0.163. The highest BCUT2D eigenvalue weighted by molar-refractivity contribution is 8.00. The van der Waals surface area contributed by atoms with Crippen molar-refractivity contribution < 1.29 is 5.11 Å². The number of hydrogen-bond donors (Lipinski definition) is 2. The first-order valence-corrected chi connectivity index (χ1v) is 6.35. The minimum absolute atomic E-state index is 0.101. The predicted octanol–water partition coefficient (Wildman–Crippen LogP) is 1.37. The minimum Gasteiger partial charge on any atom is -0.391 e. The highest BCUT2D eigenvalue weighted by Gasteiger charge is 2.57. The van der Waals surface area contributed by atoms with Gasteiger partial charge in [-0.25, -0.2) is 0 Å². The van der Waals surface area contributed by atoms with Crippen LogP contribution in [0.5, 0.6) is 0 Å². The SMILES string of the molecule is CSC1(C(O)C2(CN)CC2)CCC1.